The second kappa shape index (κ2) is 7.70. The van der Waals surface area contributed by atoms with Crippen LogP contribution in [-0.4, -0.2) is 39.7 Å². The molecule has 0 aromatic heterocycles. The van der Waals surface area contributed by atoms with Gasteiger partial charge in [0.05, 0.1) is 27.4 Å². The lowest BCUT2D eigenvalue weighted by Crippen LogP contribution is -2.23. The van der Waals surface area contributed by atoms with Gasteiger partial charge in [0.25, 0.3) is 0 Å². The van der Waals surface area contributed by atoms with Crippen LogP contribution in [0.2, 0.25) is 0 Å². The number of amides is 1. The SMILES string of the molecule is COc1cc2c(c(OC)c1OC)-c1cccc(=O)cc1[C@@H](N(C)C=O)CC2. The van der Waals surface area contributed by atoms with Gasteiger partial charge in [-0.15, -0.1) is 0 Å². The minimum Gasteiger partial charge on any atom is -0.493 e. The summed E-state index contributed by atoms with van der Waals surface area (Å²) in [6, 6.07) is 8.46. The molecule has 2 aromatic rings. The minimum atomic E-state index is -0.216. The number of carbonyl (C=O) groups excluding carboxylic acids is 1. The number of ether oxygens (including phenoxy) is 3. The summed E-state index contributed by atoms with van der Waals surface area (Å²) in [5, 5.41) is 0. The van der Waals surface area contributed by atoms with E-state index in [2.05, 4.69) is 0 Å². The van der Waals surface area contributed by atoms with E-state index < -0.39 is 0 Å². The zero-order chi connectivity index (χ0) is 19.6. The van der Waals surface area contributed by atoms with Crippen molar-refractivity contribution in [1.82, 2.24) is 4.90 Å². The molecule has 1 amide bonds. The number of nitrogens with zero attached hydrogens (tertiary/aromatic N) is 1. The summed E-state index contributed by atoms with van der Waals surface area (Å²) in [7, 11) is 6.46. The van der Waals surface area contributed by atoms with Crippen LogP contribution in [0.3, 0.4) is 0 Å². The van der Waals surface area contributed by atoms with E-state index in [1.165, 1.54) is 6.07 Å². The summed E-state index contributed by atoms with van der Waals surface area (Å²) in [4.78, 5) is 25.3. The molecule has 0 aliphatic heterocycles. The third kappa shape index (κ3) is 3.23. The molecule has 3 rings (SSSR count). The summed E-state index contributed by atoms with van der Waals surface area (Å²) < 4.78 is 16.7. The maximum Gasteiger partial charge on any atom is 0.209 e. The fraction of sp³-hybridized carbons (Fsp3) is 0.333. The molecule has 0 saturated heterocycles. The Balaban J connectivity index is 2.42. The van der Waals surface area contributed by atoms with Crippen LogP contribution in [0, 0.1) is 0 Å². The summed E-state index contributed by atoms with van der Waals surface area (Å²) in [6.07, 6.45) is 2.17. The van der Waals surface area contributed by atoms with Crippen LogP contribution in [-0.2, 0) is 11.2 Å². The van der Waals surface area contributed by atoms with E-state index in [1.54, 1.807) is 45.4 Å². The number of rotatable bonds is 5. The van der Waals surface area contributed by atoms with Gasteiger partial charge >= 0.3 is 0 Å². The van der Waals surface area contributed by atoms with Crippen LogP contribution in [0.25, 0.3) is 11.1 Å². The van der Waals surface area contributed by atoms with Gasteiger partial charge in [-0.05, 0) is 47.7 Å². The topological polar surface area (TPSA) is 65.1 Å². The fourth-order valence-electron chi connectivity index (χ4n) is 3.76. The molecule has 0 bridgehead atoms. The van der Waals surface area contributed by atoms with Crippen molar-refractivity contribution < 1.29 is 19.0 Å². The van der Waals surface area contributed by atoms with Gasteiger partial charge in [0.1, 0.15) is 0 Å². The second-order valence-corrected chi connectivity index (χ2v) is 6.45. The highest BCUT2D eigenvalue weighted by atomic mass is 16.5. The number of hydrogen-bond acceptors (Lipinski definition) is 5. The summed E-state index contributed by atoms with van der Waals surface area (Å²) in [5.41, 5.74) is 3.42. The predicted molar refractivity (Wildman–Crippen MR) is 103 cm³/mol. The van der Waals surface area contributed by atoms with E-state index in [4.69, 9.17) is 14.2 Å². The van der Waals surface area contributed by atoms with E-state index in [0.29, 0.717) is 30.1 Å². The number of aryl methyl sites for hydroxylation is 1. The lowest BCUT2D eigenvalue weighted by atomic mass is 9.95. The highest BCUT2D eigenvalue weighted by Gasteiger charge is 2.30. The van der Waals surface area contributed by atoms with E-state index >= 15 is 0 Å². The molecule has 0 unspecified atom stereocenters. The largest absolute Gasteiger partial charge is 0.493 e. The molecule has 2 aromatic carbocycles. The van der Waals surface area contributed by atoms with Crippen LogP contribution >= 0.6 is 0 Å². The van der Waals surface area contributed by atoms with Gasteiger partial charge in [-0.3, -0.25) is 9.59 Å². The molecule has 6 nitrogen and oxygen atoms in total. The molecule has 0 saturated carbocycles. The first kappa shape index (κ1) is 18.8. The third-order valence-electron chi connectivity index (χ3n) is 5.02. The van der Waals surface area contributed by atoms with Crippen molar-refractivity contribution >= 4 is 6.41 Å². The first-order valence-corrected chi connectivity index (χ1v) is 8.69. The Morgan fingerprint density at radius 1 is 1.07 bits per heavy atom. The van der Waals surface area contributed by atoms with E-state index in [0.717, 1.165) is 28.7 Å². The van der Waals surface area contributed by atoms with Crippen LogP contribution < -0.4 is 19.6 Å². The van der Waals surface area contributed by atoms with Gasteiger partial charge < -0.3 is 19.1 Å². The number of benzene rings is 1. The quantitative estimate of drug-likeness (QED) is 0.759. The Hall–Kier alpha value is -3.02. The number of carbonyl (C=O) groups is 1. The number of fused-ring (bicyclic) bond motifs is 3. The lowest BCUT2D eigenvalue weighted by molar-refractivity contribution is -0.119. The first-order valence-electron chi connectivity index (χ1n) is 8.69. The maximum absolute atomic E-state index is 12.2. The molecule has 0 fully saturated rings. The Bertz CT molecular complexity index is 925. The molecular formula is C21H23NO5. The zero-order valence-electron chi connectivity index (χ0n) is 15.9. The van der Waals surface area contributed by atoms with Crippen molar-refractivity contribution in [2.45, 2.75) is 18.9 Å². The molecule has 0 spiro atoms. The van der Waals surface area contributed by atoms with E-state index in [-0.39, 0.29) is 11.5 Å². The average Bonchev–Trinajstić information content (AvgIpc) is 2.95. The molecule has 0 radical (unpaired) electrons. The molecule has 6 heteroatoms. The summed E-state index contributed by atoms with van der Waals surface area (Å²) >= 11 is 0. The maximum atomic E-state index is 12.2. The molecular weight excluding hydrogens is 346 g/mol. The van der Waals surface area contributed by atoms with Crippen molar-refractivity contribution in [3.05, 3.63) is 51.7 Å². The van der Waals surface area contributed by atoms with Crippen molar-refractivity contribution in [1.29, 1.82) is 0 Å². The van der Waals surface area contributed by atoms with Gasteiger partial charge in [0.15, 0.2) is 16.9 Å². The minimum absolute atomic E-state index is 0.108. The highest BCUT2D eigenvalue weighted by molar-refractivity contribution is 5.82. The Kier molecular flexibility index (Phi) is 5.35. The normalized spacial score (nSPS) is 15.0. The van der Waals surface area contributed by atoms with Gasteiger partial charge in [0.2, 0.25) is 12.2 Å². The molecule has 0 heterocycles. The van der Waals surface area contributed by atoms with Crippen LogP contribution in [0.5, 0.6) is 17.2 Å². The van der Waals surface area contributed by atoms with Crippen molar-refractivity contribution in [3.63, 3.8) is 0 Å². The third-order valence-corrected chi connectivity index (χ3v) is 5.02. The van der Waals surface area contributed by atoms with Gasteiger partial charge in [-0.1, -0.05) is 12.1 Å². The Morgan fingerprint density at radius 2 is 1.81 bits per heavy atom. The average molecular weight is 369 g/mol. The number of methoxy groups -OCH3 is 3. The molecule has 1 atom stereocenters. The lowest BCUT2D eigenvalue weighted by Gasteiger charge is -2.24. The van der Waals surface area contributed by atoms with E-state index in [9.17, 15) is 9.59 Å². The van der Waals surface area contributed by atoms with Gasteiger partial charge in [0, 0.05) is 12.6 Å². The second-order valence-electron chi connectivity index (χ2n) is 6.45. The zero-order valence-corrected chi connectivity index (χ0v) is 15.9. The van der Waals surface area contributed by atoms with Crippen LogP contribution in [0.4, 0.5) is 0 Å². The van der Waals surface area contributed by atoms with Crippen LogP contribution in [0.1, 0.15) is 23.6 Å². The van der Waals surface area contributed by atoms with Crippen molar-refractivity contribution in [3.8, 4) is 28.4 Å². The standard InChI is InChI=1S/C21H23NO5/c1-22(12-23)17-9-8-13-10-18(25-2)20(26-3)21(27-4)19(13)15-7-5-6-14(24)11-16(15)17/h5-7,10-12,17H,8-9H2,1-4H3/t17-/m0/s1. The molecule has 1 aliphatic rings. The van der Waals surface area contributed by atoms with Gasteiger partial charge in [-0.2, -0.15) is 0 Å². The number of hydrogen-bond donors (Lipinski definition) is 0. The Labute approximate surface area is 158 Å². The smallest absolute Gasteiger partial charge is 0.209 e. The Morgan fingerprint density at radius 3 is 2.44 bits per heavy atom. The molecule has 142 valence electrons. The fourth-order valence-corrected chi connectivity index (χ4v) is 3.76. The summed E-state index contributed by atoms with van der Waals surface area (Å²) in [6.45, 7) is 0. The van der Waals surface area contributed by atoms with Crippen molar-refractivity contribution in [2.24, 2.45) is 0 Å². The van der Waals surface area contributed by atoms with Gasteiger partial charge in [-0.25, -0.2) is 0 Å². The van der Waals surface area contributed by atoms with E-state index in [1.807, 2.05) is 12.1 Å². The molecule has 0 N–H and O–H groups in total. The monoisotopic (exact) mass is 369 g/mol. The first-order chi connectivity index (χ1) is 13.0. The van der Waals surface area contributed by atoms with Crippen molar-refractivity contribution in [2.75, 3.05) is 28.4 Å². The highest BCUT2D eigenvalue weighted by Crippen LogP contribution is 2.50. The molecule has 1 aliphatic carbocycles. The molecule has 27 heavy (non-hydrogen) atoms. The van der Waals surface area contributed by atoms with Crippen LogP contribution in [0.15, 0.2) is 35.1 Å². The predicted octanol–water partition coefficient (Wildman–Crippen LogP) is 2.82. The summed E-state index contributed by atoms with van der Waals surface area (Å²) in [5.74, 6) is 1.64.